The highest BCUT2D eigenvalue weighted by molar-refractivity contribution is 8.00. The van der Waals surface area contributed by atoms with Gasteiger partial charge in [0, 0.05) is 4.90 Å². The fourth-order valence-electron chi connectivity index (χ4n) is 2.46. The van der Waals surface area contributed by atoms with Crippen LogP contribution in [0.3, 0.4) is 0 Å². The standard InChI is InChI=1S/C21H20N2O3S/c24-19(22-14-17-10-7-13-26-17)15-23-21(25)20(16-8-3-1-4-9-16)27-18-11-5-2-6-12-18/h1-13,20H,14-15H2,(H,22,24)(H,23,25). The van der Waals surface area contributed by atoms with E-state index in [1.165, 1.54) is 11.8 Å². The maximum atomic E-state index is 12.8. The third kappa shape index (κ3) is 5.76. The highest BCUT2D eigenvalue weighted by atomic mass is 32.2. The maximum Gasteiger partial charge on any atom is 0.239 e. The van der Waals surface area contributed by atoms with E-state index >= 15 is 0 Å². The largest absolute Gasteiger partial charge is 0.467 e. The van der Waals surface area contributed by atoms with E-state index in [0.29, 0.717) is 12.3 Å². The van der Waals surface area contributed by atoms with Gasteiger partial charge in [0.1, 0.15) is 11.0 Å². The van der Waals surface area contributed by atoms with E-state index in [2.05, 4.69) is 10.6 Å². The zero-order valence-electron chi connectivity index (χ0n) is 14.6. The highest BCUT2D eigenvalue weighted by Gasteiger charge is 2.22. The quantitative estimate of drug-likeness (QED) is 0.587. The predicted octanol–water partition coefficient (Wildman–Crippen LogP) is 3.55. The summed E-state index contributed by atoms with van der Waals surface area (Å²) in [5, 5.41) is 5.01. The number of carbonyl (C=O) groups is 2. The molecule has 0 bridgehead atoms. The number of thioether (sulfide) groups is 1. The van der Waals surface area contributed by atoms with Crippen LogP contribution in [0.25, 0.3) is 0 Å². The minimum Gasteiger partial charge on any atom is -0.467 e. The molecule has 0 radical (unpaired) electrons. The molecule has 0 spiro atoms. The Morgan fingerprint density at radius 1 is 0.889 bits per heavy atom. The minimum absolute atomic E-state index is 0.0851. The molecule has 1 heterocycles. The summed E-state index contributed by atoms with van der Waals surface area (Å²) in [6, 6.07) is 22.8. The molecule has 1 unspecified atom stereocenters. The van der Waals surface area contributed by atoms with Crippen molar-refractivity contribution in [1.29, 1.82) is 0 Å². The Morgan fingerprint density at radius 3 is 2.26 bits per heavy atom. The second kappa shape index (κ2) is 9.64. The number of carbonyl (C=O) groups excluding carboxylic acids is 2. The van der Waals surface area contributed by atoms with Crippen LogP contribution in [0.2, 0.25) is 0 Å². The fourth-order valence-corrected chi connectivity index (χ4v) is 3.53. The molecule has 0 aliphatic heterocycles. The number of furan rings is 1. The summed E-state index contributed by atoms with van der Waals surface area (Å²) in [4.78, 5) is 25.7. The second-order valence-electron chi connectivity index (χ2n) is 5.80. The zero-order valence-corrected chi connectivity index (χ0v) is 15.4. The number of hydrogen-bond acceptors (Lipinski definition) is 4. The average molecular weight is 380 g/mol. The van der Waals surface area contributed by atoms with Gasteiger partial charge < -0.3 is 15.1 Å². The number of hydrogen-bond donors (Lipinski definition) is 2. The molecule has 1 atom stereocenters. The number of benzene rings is 2. The van der Waals surface area contributed by atoms with Gasteiger partial charge in [-0.15, -0.1) is 11.8 Å². The van der Waals surface area contributed by atoms with Gasteiger partial charge in [0.25, 0.3) is 0 Å². The topological polar surface area (TPSA) is 71.3 Å². The number of rotatable bonds is 8. The molecule has 2 amide bonds. The summed E-state index contributed by atoms with van der Waals surface area (Å²) in [6.07, 6.45) is 1.55. The van der Waals surface area contributed by atoms with E-state index in [0.717, 1.165) is 10.5 Å². The lowest BCUT2D eigenvalue weighted by molar-refractivity contribution is -0.126. The van der Waals surface area contributed by atoms with Crippen LogP contribution in [0.15, 0.2) is 88.4 Å². The van der Waals surface area contributed by atoms with Crippen LogP contribution < -0.4 is 10.6 Å². The number of amides is 2. The molecule has 27 heavy (non-hydrogen) atoms. The Balaban J connectivity index is 1.59. The Labute approximate surface area is 162 Å². The molecule has 1 aromatic heterocycles. The SMILES string of the molecule is O=C(CNC(=O)C(Sc1ccccc1)c1ccccc1)NCc1ccco1. The Bertz CT molecular complexity index is 852. The first kappa shape index (κ1) is 18.8. The van der Waals surface area contributed by atoms with Crippen LogP contribution in [-0.4, -0.2) is 18.4 Å². The molecule has 0 aliphatic carbocycles. The van der Waals surface area contributed by atoms with Gasteiger partial charge in [0.05, 0.1) is 19.4 Å². The van der Waals surface area contributed by atoms with E-state index < -0.39 is 5.25 Å². The lowest BCUT2D eigenvalue weighted by atomic mass is 10.1. The van der Waals surface area contributed by atoms with E-state index in [1.807, 2.05) is 60.7 Å². The molecule has 2 N–H and O–H groups in total. The summed E-state index contributed by atoms with van der Waals surface area (Å²) >= 11 is 1.45. The summed E-state index contributed by atoms with van der Waals surface area (Å²) in [5.41, 5.74) is 0.889. The zero-order chi connectivity index (χ0) is 18.9. The van der Waals surface area contributed by atoms with Gasteiger partial charge in [-0.2, -0.15) is 0 Å². The smallest absolute Gasteiger partial charge is 0.239 e. The van der Waals surface area contributed by atoms with Gasteiger partial charge in [-0.1, -0.05) is 48.5 Å². The maximum absolute atomic E-state index is 12.8. The molecule has 3 rings (SSSR count). The molecule has 0 saturated heterocycles. The summed E-state index contributed by atoms with van der Waals surface area (Å²) < 4.78 is 5.17. The molecular formula is C21H20N2O3S. The summed E-state index contributed by atoms with van der Waals surface area (Å²) in [5.74, 6) is 0.191. The van der Waals surface area contributed by atoms with Gasteiger partial charge in [0.2, 0.25) is 11.8 Å². The fraction of sp³-hybridized carbons (Fsp3) is 0.143. The van der Waals surface area contributed by atoms with E-state index in [1.54, 1.807) is 18.4 Å². The highest BCUT2D eigenvalue weighted by Crippen LogP contribution is 2.35. The van der Waals surface area contributed by atoms with Crippen molar-refractivity contribution < 1.29 is 14.0 Å². The van der Waals surface area contributed by atoms with E-state index in [-0.39, 0.29) is 18.4 Å². The molecule has 3 aromatic rings. The number of nitrogens with one attached hydrogen (secondary N) is 2. The van der Waals surface area contributed by atoms with Crippen molar-refractivity contribution in [3.63, 3.8) is 0 Å². The third-order valence-electron chi connectivity index (χ3n) is 3.80. The van der Waals surface area contributed by atoms with Gasteiger partial charge in [0.15, 0.2) is 0 Å². The molecule has 0 fully saturated rings. The van der Waals surface area contributed by atoms with Crippen molar-refractivity contribution in [2.75, 3.05) is 6.54 Å². The molecule has 5 nitrogen and oxygen atoms in total. The van der Waals surface area contributed by atoms with Crippen molar-refractivity contribution >= 4 is 23.6 Å². The first-order valence-electron chi connectivity index (χ1n) is 8.56. The van der Waals surface area contributed by atoms with Gasteiger partial charge in [-0.25, -0.2) is 0 Å². The molecule has 6 heteroatoms. The second-order valence-corrected chi connectivity index (χ2v) is 6.97. The van der Waals surface area contributed by atoms with Gasteiger partial charge in [-0.05, 0) is 29.8 Å². The van der Waals surface area contributed by atoms with Crippen LogP contribution in [0.5, 0.6) is 0 Å². The van der Waals surface area contributed by atoms with Crippen molar-refractivity contribution in [2.45, 2.75) is 16.7 Å². The van der Waals surface area contributed by atoms with Crippen molar-refractivity contribution in [3.05, 3.63) is 90.4 Å². The summed E-state index contributed by atoms with van der Waals surface area (Å²) in [7, 11) is 0. The lowest BCUT2D eigenvalue weighted by Gasteiger charge is -2.17. The van der Waals surface area contributed by atoms with Crippen LogP contribution in [0, 0.1) is 0 Å². The lowest BCUT2D eigenvalue weighted by Crippen LogP contribution is -2.38. The van der Waals surface area contributed by atoms with Crippen LogP contribution in [0.1, 0.15) is 16.6 Å². The first-order chi connectivity index (χ1) is 13.2. The van der Waals surface area contributed by atoms with Crippen molar-refractivity contribution in [1.82, 2.24) is 10.6 Å². The monoisotopic (exact) mass is 380 g/mol. The van der Waals surface area contributed by atoms with Crippen LogP contribution >= 0.6 is 11.8 Å². The Morgan fingerprint density at radius 2 is 1.59 bits per heavy atom. The minimum atomic E-state index is -0.438. The van der Waals surface area contributed by atoms with Crippen molar-refractivity contribution in [3.8, 4) is 0 Å². The molecule has 138 valence electrons. The molecule has 0 aliphatic rings. The van der Waals surface area contributed by atoms with E-state index in [4.69, 9.17) is 4.42 Å². The third-order valence-corrected chi connectivity index (χ3v) is 5.07. The Kier molecular flexibility index (Phi) is 6.71. The van der Waals surface area contributed by atoms with Crippen LogP contribution in [-0.2, 0) is 16.1 Å². The molecule has 0 saturated carbocycles. The van der Waals surface area contributed by atoms with Crippen LogP contribution in [0.4, 0.5) is 0 Å². The first-order valence-corrected chi connectivity index (χ1v) is 9.44. The van der Waals surface area contributed by atoms with E-state index in [9.17, 15) is 9.59 Å². The normalized spacial score (nSPS) is 11.6. The average Bonchev–Trinajstić information content (AvgIpc) is 3.24. The Hall–Kier alpha value is -2.99. The van der Waals surface area contributed by atoms with Crippen molar-refractivity contribution in [2.24, 2.45) is 0 Å². The predicted molar refractivity (Wildman–Crippen MR) is 105 cm³/mol. The molecule has 2 aromatic carbocycles. The van der Waals surface area contributed by atoms with Gasteiger partial charge >= 0.3 is 0 Å². The summed E-state index contributed by atoms with van der Waals surface area (Å²) in [6.45, 7) is 0.209. The molecular weight excluding hydrogens is 360 g/mol. The van der Waals surface area contributed by atoms with Gasteiger partial charge in [-0.3, -0.25) is 9.59 Å².